The molecule has 0 aromatic rings. The van der Waals surface area contributed by atoms with Crippen molar-refractivity contribution in [3.05, 3.63) is 12.2 Å². The minimum absolute atomic E-state index is 0.108. The van der Waals surface area contributed by atoms with Crippen LogP contribution in [0.5, 0.6) is 0 Å². The molecule has 0 amide bonds. The highest BCUT2D eigenvalue weighted by Gasteiger charge is 2.11. The van der Waals surface area contributed by atoms with Crippen molar-refractivity contribution in [2.75, 3.05) is 0 Å². The Bertz CT molecular complexity index is 336. The number of esters is 1. The van der Waals surface area contributed by atoms with Gasteiger partial charge in [-0.25, -0.2) is 0 Å². The van der Waals surface area contributed by atoms with Crippen LogP contribution in [0.4, 0.5) is 0 Å². The Hall–Kier alpha value is -1.32. The molecule has 0 heterocycles. The summed E-state index contributed by atoms with van der Waals surface area (Å²) in [5.74, 6) is -0.838. The molecule has 4 nitrogen and oxygen atoms in total. The van der Waals surface area contributed by atoms with Gasteiger partial charge in [0.2, 0.25) is 0 Å². The van der Waals surface area contributed by atoms with Gasteiger partial charge in [0.05, 0.1) is 0 Å². The summed E-state index contributed by atoms with van der Waals surface area (Å²) in [6.45, 7) is 4.22. The molecule has 0 aliphatic rings. The lowest BCUT2D eigenvalue weighted by Gasteiger charge is -2.14. The highest BCUT2D eigenvalue weighted by Crippen LogP contribution is 2.13. The van der Waals surface area contributed by atoms with Gasteiger partial charge in [-0.15, -0.1) is 0 Å². The van der Waals surface area contributed by atoms with Gasteiger partial charge in [-0.1, -0.05) is 52.0 Å². The lowest BCUT2D eigenvalue weighted by Crippen LogP contribution is -2.16. The standard InChI is InChI=1S/C19H34O4/c1-3-5-7-10-13-17(23-19(22)16-6-4-2)14-11-8-9-12-15-18(20)21/h10,13,17H,3-9,11-12,14-16H2,1-2H3,(H,20,21)/b13-10-. The highest BCUT2D eigenvalue weighted by molar-refractivity contribution is 5.69. The Balaban J connectivity index is 4.07. The molecule has 1 N–H and O–H groups in total. The first-order valence-corrected chi connectivity index (χ1v) is 9.18. The van der Waals surface area contributed by atoms with Crippen LogP contribution in [0.1, 0.15) is 90.9 Å². The van der Waals surface area contributed by atoms with Gasteiger partial charge in [0.15, 0.2) is 0 Å². The number of ether oxygens (including phenoxy) is 1. The van der Waals surface area contributed by atoms with Gasteiger partial charge in [-0.3, -0.25) is 9.59 Å². The van der Waals surface area contributed by atoms with Crippen molar-refractivity contribution < 1.29 is 19.4 Å². The summed E-state index contributed by atoms with van der Waals surface area (Å²) in [5.41, 5.74) is 0. The Morgan fingerprint density at radius 3 is 2.30 bits per heavy atom. The van der Waals surface area contributed by atoms with E-state index in [4.69, 9.17) is 9.84 Å². The SMILES string of the molecule is CCCC/C=C\C(CCCCCCC(=O)O)OC(=O)CCCC. The van der Waals surface area contributed by atoms with Crippen molar-refractivity contribution in [3.63, 3.8) is 0 Å². The van der Waals surface area contributed by atoms with Crippen LogP contribution in [-0.2, 0) is 14.3 Å². The Morgan fingerprint density at radius 1 is 0.957 bits per heavy atom. The fourth-order valence-corrected chi connectivity index (χ4v) is 2.29. The average Bonchev–Trinajstić information content (AvgIpc) is 2.52. The number of carbonyl (C=O) groups is 2. The molecule has 23 heavy (non-hydrogen) atoms. The van der Waals surface area contributed by atoms with Crippen LogP contribution in [0.25, 0.3) is 0 Å². The van der Waals surface area contributed by atoms with Gasteiger partial charge in [0.25, 0.3) is 0 Å². The second-order valence-electron chi connectivity index (χ2n) is 6.05. The number of carbonyl (C=O) groups excluding carboxylic acids is 1. The number of carboxylic acids is 1. The summed E-state index contributed by atoms with van der Waals surface area (Å²) < 4.78 is 5.56. The predicted molar refractivity (Wildman–Crippen MR) is 93.4 cm³/mol. The van der Waals surface area contributed by atoms with E-state index < -0.39 is 5.97 Å². The van der Waals surface area contributed by atoms with Gasteiger partial charge in [-0.05, 0) is 38.2 Å². The van der Waals surface area contributed by atoms with Crippen LogP contribution in [-0.4, -0.2) is 23.1 Å². The third kappa shape index (κ3) is 15.4. The van der Waals surface area contributed by atoms with Gasteiger partial charge < -0.3 is 9.84 Å². The number of allylic oxidation sites excluding steroid dienone is 1. The van der Waals surface area contributed by atoms with E-state index in [0.717, 1.165) is 64.2 Å². The maximum atomic E-state index is 11.8. The van der Waals surface area contributed by atoms with Crippen molar-refractivity contribution in [1.29, 1.82) is 0 Å². The van der Waals surface area contributed by atoms with E-state index in [9.17, 15) is 9.59 Å². The van der Waals surface area contributed by atoms with Crippen LogP contribution < -0.4 is 0 Å². The molecule has 1 unspecified atom stereocenters. The summed E-state index contributed by atoms with van der Waals surface area (Å²) >= 11 is 0. The minimum atomic E-state index is -0.730. The zero-order valence-electron chi connectivity index (χ0n) is 14.9. The molecule has 1 atom stereocenters. The molecule has 0 aromatic carbocycles. The fraction of sp³-hybridized carbons (Fsp3) is 0.789. The Morgan fingerprint density at radius 2 is 1.65 bits per heavy atom. The molecule has 0 aliphatic carbocycles. The molecule has 0 spiro atoms. The van der Waals surface area contributed by atoms with Crippen LogP contribution in [0, 0.1) is 0 Å². The molecule has 0 radical (unpaired) electrons. The maximum absolute atomic E-state index is 11.8. The van der Waals surface area contributed by atoms with E-state index in [1.165, 1.54) is 0 Å². The van der Waals surface area contributed by atoms with Gasteiger partial charge >= 0.3 is 11.9 Å². The van der Waals surface area contributed by atoms with E-state index in [1.54, 1.807) is 0 Å². The average molecular weight is 326 g/mol. The van der Waals surface area contributed by atoms with Crippen LogP contribution in [0.15, 0.2) is 12.2 Å². The number of aliphatic carboxylic acids is 1. The van der Waals surface area contributed by atoms with Crippen molar-refractivity contribution in [2.45, 2.75) is 97.0 Å². The lowest BCUT2D eigenvalue weighted by molar-refractivity contribution is -0.147. The second-order valence-corrected chi connectivity index (χ2v) is 6.05. The third-order valence-corrected chi connectivity index (χ3v) is 3.72. The lowest BCUT2D eigenvalue weighted by atomic mass is 10.1. The summed E-state index contributed by atoms with van der Waals surface area (Å²) in [6.07, 6.45) is 14.4. The topological polar surface area (TPSA) is 63.6 Å². The van der Waals surface area contributed by atoms with E-state index in [1.807, 2.05) is 6.08 Å². The smallest absolute Gasteiger partial charge is 0.306 e. The molecule has 0 rings (SSSR count). The molecular weight excluding hydrogens is 292 g/mol. The molecule has 0 aromatic heterocycles. The van der Waals surface area contributed by atoms with E-state index in [-0.39, 0.29) is 18.5 Å². The normalized spacial score (nSPS) is 12.4. The van der Waals surface area contributed by atoms with Gasteiger partial charge in [-0.2, -0.15) is 0 Å². The summed E-state index contributed by atoms with van der Waals surface area (Å²) in [7, 11) is 0. The first-order valence-electron chi connectivity index (χ1n) is 9.18. The van der Waals surface area contributed by atoms with Gasteiger partial charge in [0.1, 0.15) is 6.10 Å². The van der Waals surface area contributed by atoms with Gasteiger partial charge in [0, 0.05) is 12.8 Å². The molecule has 0 aliphatic heterocycles. The van der Waals surface area contributed by atoms with E-state index >= 15 is 0 Å². The second kappa shape index (κ2) is 15.6. The number of carboxylic acid groups (broad SMARTS) is 1. The van der Waals surface area contributed by atoms with Crippen molar-refractivity contribution >= 4 is 11.9 Å². The Labute approximate surface area is 141 Å². The zero-order valence-corrected chi connectivity index (χ0v) is 14.9. The Kier molecular flexibility index (Phi) is 14.7. The molecule has 0 bridgehead atoms. The molecule has 0 fully saturated rings. The quantitative estimate of drug-likeness (QED) is 0.253. The van der Waals surface area contributed by atoms with Crippen LogP contribution in [0.3, 0.4) is 0 Å². The van der Waals surface area contributed by atoms with Crippen LogP contribution >= 0.6 is 0 Å². The van der Waals surface area contributed by atoms with Crippen molar-refractivity contribution in [1.82, 2.24) is 0 Å². The third-order valence-electron chi connectivity index (χ3n) is 3.72. The molecule has 4 heteroatoms. The van der Waals surface area contributed by atoms with Crippen molar-refractivity contribution in [2.24, 2.45) is 0 Å². The molecule has 134 valence electrons. The summed E-state index contributed by atoms with van der Waals surface area (Å²) in [6, 6.07) is 0. The first kappa shape index (κ1) is 21.7. The molecule has 0 saturated carbocycles. The summed E-state index contributed by atoms with van der Waals surface area (Å²) in [5, 5.41) is 8.60. The number of rotatable bonds is 15. The first-order chi connectivity index (χ1) is 11.1. The fourth-order valence-electron chi connectivity index (χ4n) is 2.29. The highest BCUT2D eigenvalue weighted by atomic mass is 16.5. The monoisotopic (exact) mass is 326 g/mol. The largest absolute Gasteiger partial charge is 0.481 e. The van der Waals surface area contributed by atoms with Crippen molar-refractivity contribution in [3.8, 4) is 0 Å². The van der Waals surface area contributed by atoms with E-state index in [0.29, 0.717) is 6.42 Å². The predicted octanol–water partition coefficient (Wildman–Crippen LogP) is 5.26. The maximum Gasteiger partial charge on any atom is 0.306 e. The minimum Gasteiger partial charge on any atom is -0.481 e. The zero-order chi connectivity index (χ0) is 17.3. The molecule has 0 saturated heterocycles. The summed E-state index contributed by atoms with van der Waals surface area (Å²) in [4.78, 5) is 22.2. The number of hydrogen-bond donors (Lipinski definition) is 1. The van der Waals surface area contributed by atoms with E-state index in [2.05, 4.69) is 19.9 Å². The van der Waals surface area contributed by atoms with Crippen LogP contribution in [0.2, 0.25) is 0 Å². The number of hydrogen-bond acceptors (Lipinski definition) is 3. The molecular formula is C19H34O4. The number of unbranched alkanes of at least 4 members (excludes halogenated alkanes) is 6.